The molecular formula is C27H29ClN6O3S. The van der Waals surface area contributed by atoms with Crippen molar-refractivity contribution in [3.05, 3.63) is 81.5 Å². The first-order valence-electron chi connectivity index (χ1n) is 11.9. The van der Waals surface area contributed by atoms with E-state index in [0.717, 1.165) is 16.0 Å². The molecule has 38 heavy (non-hydrogen) atoms. The second-order valence-electron chi connectivity index (χ2n) is 9.68. The first-order valence-corrected chi connectivity index (χ1v) is 13.2. The van der Waals surface area contributed by atoms with Crippen molar-refractivity contribution in [3.8, 4) is 17.1 Å². The number of carbonyl (C=O) groups is 2. The first-order chi connectivity index (χ1) is 18.1. The number of benzene rings is 2. The maximum Gasteiger partial charge on any atom is 0.248 e. The molecule has 0 aliphatic rings. The summed E-state index contributed by atoms with van der Waals surface area (Å²) in [6.45, 7) is 5.72. The van der Waals surface area contributed by atoms with E-state index < -0.39 is 11.6 Å². The Morgan fingerprint density at radius 1 is 1.11 bits per heavy atom. The van der Waals surface area contributed by atoms with E-state index in [-0.39, 0.29) is 24.9 Å². The van der Waals surface area contributed by atoms with Gasteiger partial charge in [0.1, 0.15) is 18.3 Å². The third kappa shape index (κ3) is 6.96. The van der Waals surface area contributed by atoms with Crippen molar-refractivity contribution in [1.82, 2.24) is 30.4 Å². The standard InChI is InChI=1S/C27H29ClN6O3S/c1-27(2,3)29-26(36)24(22-6-5-15-38-22)33(16-18-7-13-21(37-4)14-8-18)23(35)17-34-31-25(30-32-34)19-9-11-20(28)12-10-19/h5-15,24H,16-17H2,1-4H3,(H,29,36)/t24-/m1/s1. The van der Waals surface area contributed by atoms with Crippen LogP contribution in [-0.4, -0.2) is 49.6 Å². The van der Waals surface area contributed by atoms with Gasteiger partial charge < -0.3 is 15.0 Å². The van der Waals surface area contributed by atoms with Crippen LogP contribution in [0.4, 0.5) is 0 Å². The Morgan fingerprint density at radius 2 is 1.82 bits per heavy atom. The zero-order chi connectivity index (χ0) is 27.3. The highest BCUT2D eigenvalue weighted by atomic mass is 35.5. The molecule has 0 fully saturated rings. The number of rotatable bonds is 9. The van der Waals surface area contributed by atoms with Gasteiger partial charge in [-0.1, -0.05) is 29.8 Å². The van der Waals surface area contributed by atoms with Crippen molar-refractivity contribution in [2.24, 2.45) is 0 Å². The summed E-state index contributed by atoms with van der Waals surface area (Å²) < 4.78 is 5.27. The Balaban J connectivity index is 1.65. The van der Waals surface area contributed by atoms with Crippen LogP contribution in [0.25, 0.3) is 11.4 Å². The van der Waals surface area contributed by atoms with Gasteiger partial charge in [0.05, 0.1) is 7.11 Å². The number of aromatic nitrogens is 4. The molecule has 2 heterocycles. The SMILES string of the molecule is COc1ccc(CN(C(=O)Cn2nnc(-c3ccc(Cl)cc3)n2)[C@@H](C(=O)NC(C)(C)C)c2cccs2)cc1. The number of hydrogen-bond donors (Lipinski definition) is 1. The summed E-state index contributed by atoms with van der Waals surface area (Å²) in [5.41, 5.74) is 1.09. The maximum absolute atomic E-state index is 13.8. The van der Waals surface area contributed by atoms with Crippen LogP contribution in [0.15, 0.2) is 66.0 Å². The topological polar surface area (TPSA) is 102 Å². The molecule has 4 rings (SSSR count). The summed E-state index contributed by atoms with van der Waals surface area (Å²) in [7, 11) is 1.60. The molecule has 0 unspecified atom stereocenters. The number of amides is 2. The molecule has 0 radical (unpaired) electrons. The summed E-state index contributed by atoms with van der Waals surface area (Å²) in [6.07, 6.45) is 0. The Labute approximate surface area is 230 Å². The van der Waals surface area contributed by atoms with Gasteiger partial charge in [-0.25, -0.2) is 0 Å². The number of nitrogens with one attached hydrogen (secondary N) is 1. The fraction of sp³-hybridized carbons (Fsp3) is 0.296. The molecule has 0 spiro atoms. The van der Waals surface area contributed by atoms with Crippen LogP contribution in [0.1, 0.15) is 37.3 Å². The summed E-state index contributed by atoms with van der Waals surface area (Å²) in [5, 5.41) is 18.1. The molecule has 198 valence electrons. The average Bonchev–Trinajstić information content (AvgIpc) is 3.56. The third-order valence-electron chi connectivity index (χ3n) is 5.54. The van der Waals surface area contributed by atoms with E-state index >= 15 is 0 Å². The van der Waals surface area contributed by atoms with Gasteiger partial charge >= 0.3 is 0 Å². The molecule has 0 aliphatic carbocycles. The Hall–Kier alpha value is -3.76. The summed E-state index contributed by atoms with van der Waals surface area (Å²) in [5.74, 6) is 0.475. The minimum atomic E-state index is -0.844. The van der Waals surface area contributed by atoms with Crippen molar-refractivity contribution in [2.75, 3.05) is 7.11 Å². The average molecular weight is 553 g/mol. The van der Waals surface area contributed by atoms with E-state index in [9.17, 15) is 9.59 Å². The Morgan fingerprint density at radius 3 is 2.42 bits per heavy atom. The van der Waals surface area contributed by atoms with Gasteiger partial charge in [-0.05, 0) is 79.4 Å². The smallest absolute Gasteiger partial charge is 0.248 e. The molecule has 4 aromatic rings. The van der Waals surface area contributed by atoms with Crippen LogP contribution in [0, 0.1) is 0 Å². The van der Waals surface area contributed by atoms with Gasteiger partial charge in [0.2, 0.25) is 17.6 Å². The lowest BCUT2D eigenvalue weighted by molar-refractivity contribution is -0.143. The molecule has 1 N–H and O–H groups in total. The van der Waals surface area contributed by atoms with E-state index in [1.165, 1.54) is 16.1 Å². The number of carbonyl (C=O) groups excluding carboxylic acids is 2. The van der Waals surface area contributed by atoms with Crippen molar-refractivity contribution < 1.29 is 14.3 Å². The largest absolute Gasteiger partial charge is 0.497 e. The van der Waals surface area contributed by atoms with Crippen LogP contribution >= 0.6 is 22.9 Å². The molecule has 2 aromatic carbocycles. The predicted octanol–water partition coefficient (Wildman–Crippen LogP) is 4.75. The lowest BCUT2D eigenvalue weighted by Gasteiger charge is -2.33. The molecule has 0 saturated carbocycles. The zero-order valence-corrected chi connectivity index (χ0v) is 23.2. The normalized spacial score (nSPS) is 12.1. The number of methoxy groups -OCH3 is 1. The zero-order valence-electron chi connectivity index (χ0n) is 21.6. The third-order valence-corrected chi connectivity index (χ3v) is 6.71. The molecular weight excluding hydrogens is 524 g/mol. The molecule has 2 aromatic heterocycles. The van der Waals surface area contributed by atoms with E-state index in [4.69, 9.17) is 16.3 Å². The predicted molar refractivity (Wildman–Crippen MR) is 147 cm³/mol. The van der Waals surface area contributed by atoms with Crippen molar-refractivity contribution >= 4 is 34.8 Å². The summed E-state index contributed by atoms with van der Waals surface area (Å²) in [6, 6.07) is 17.3. The van der Waals surface area contributed by atoms with Gasteiger partial charge in [0.15, 0.2) is 0 Å². The van der Waals surface area contributed by atoms with E-state index in [0.29, 0.717) is 16.6 Å². The van der Waals surface area contributed by atoms with Gasteiger partial charge in [-0.2, -0.15) is 4.80 Å². The minimum absolute atomic E-state index is 0.193. The summed E-state index contributed by atoms with van der Waals surface area (Å²) in [4.78, 5) is 30.9. The lowest BCUT2D eigenvalue weighted by Crippen LogP contribution is -2.49. The minimum Gasteiger partial charge on any atom is -0.497 e. The van der Waals surface area contributed by atoms with Crippen molar-refractivity contribution in [3.63, 3.8) is 0 Å². The highest BCUT2D eigenvalue weighted by molar-refractivity contribution is 7.10. The molecule has 0 bridgehead atoms. The highest BCUT2D eigenvalue weighted by Gasteiger charge is 2.34. The fourth-order valence-electron chi connectivity index (χ4n) is 3.80. The first kappa shape index (κ1) is 27.3. The number of tetrazole rings is 1. The van der Waals surface area contributed by atoms with Gasteiger partial charge in [-0.15, -0.1) is 21.5 Å². The quantitative estimate of drug-likeness (QED) is 0.321. The molecule has 1 atom stereocenters. The molecule has 0 saturated heterocycles. The van der Waals surface area contributed by atoms with Crippen LogP contribution in [0.2, 0.25) is 5.02 Å². The van der Waals surface area contributed by atoms with E-state index in [2.05, 4.69) is 20.7 Å². The Kier molecular flexibility index (Phi) is 8.43. The highest BCUT2D eigenvalue weighted by Crippen LogP contribution is 2.29. The number of nitrogens with zero attached hydrogens (tertiary/aromatic N) is 5. The molecule has 2 amide bonds. The second-order valence-corrected chi connectivity index (χ2v) is 11.1. The van der Waals surface area contributed by atoms with Crippen LogP contribution in [0.5, 0.6) is 5.75 Å². The van der Waals surface area contributed by atoms with Gasteiger partial charge in [0, 0.05) is 27.5 Å². The van der Waals surface area contributed by atoms with Gasteiger partial charge in [0.25, 0.3) is 0 Å². The molecule has 0 aliphatic heterocycles. The fourth-order valence-corrected chi connectivity index (χ4v) is 4.76. The van der Waals surface area contributed by atoms with E-state index in [1.54, 1.807) is 36.3 Å². The lowest BCUT2D eigenvalue weighted by atomic mass is 10.1. The molecule has 9 nitrogen and oxygen atoms in total. The van der Waals surface area contributed by atoms with Crippen LogP contribution in [-0.2, 0) is 22.7 Å². The number of ether oxygens (including phenoxy) is 1. The monoisotopic (exact) mass is 552 g/mol. The summed E-state index contributed by atoms with van der Waals surface area (Å²) >= 11 is 7.40. The number of thiophene rings is 1. The molecule has 11 heteroatoms. The maximum atomic E-state index is 13.8. The van der Waals surface area contributed by atoms with Crippen LogP contribution in [0.3, 0.4) is 0 Å². The van der Waals surface area contributed by atoms with Crippen LogP contribution < -0.4 is 10.1 Å². The van der Waals surface area contributed by atoms with Crippen molar-refractivity contribution in [1.29, 1.82) is 0 Å². The Bertz CT molecular complexity index is 1370. The second kappa shape index (κ2) is 11.7. The van der Waals surface area contributed by atoms with E-state index in [1.807, 2.05) is 62.5 Å². The number of halogens is 1. The van der Waals surface area contributed by atoms with Gasteiger partial charge in [-0.3, -0.25) is 9.59 Å². The van der Waals surface area contributed by atoms with Crippen molar-refractivity contribution in [2.45, 2.75) is 45.4 Å². The number of hydrogen-bond acceptors (Lipinski definition) is 7.